The lowest BCUT2D eigenvalue weighted by Crippen LogP contribution is -2.43. The molecule has 0 radical (unpaired) electrons. The number of nitrogens with two attached hydrogens (primary N) is 1. The first-order valence-corrected chi connectivity index (χ1v) is 4.89. The molecule has 3 atom stereocenters. The average Bonchev–Trinajstić information content (AvgIpc) is 2.14. The molecule has 2 nitrogen and oxygen atoms in total. The van der Waals surface area contributed by atoms with Crippen LogP contribution in [0, 0.1) is 5.92 Å². The first-order valence-electron chi connectivity index (χ1n) is 4.89. The normalized spacial score (nSPS) is 39.9. The predicted molar refractivity (Wildman–Crippen MR) is 55.0 cm³/mol. The summed E-state index contributed by atoms with van der Waals surface area (Å²) in [5.41, 5.74) is 6.10. The van der Waals surface area contributed by atoms with E-state index in [0.717, 1.165) is 12.8 Å². The molecule has 0 saturated carbocycles. The summed E-state index contributed by atoms with van der Waals surface area (Å²) in [7, 11) is 0. The number of nitrogens with one attached hydrogen (secondary N) is 1. The van der Waals surface area contributed by atoms with Gasteiger partial charge < -0.3 is 11.1 Å². The number of hydrogen-bond donors (Lipinski definition) is 2. The first-order chi connectivity index (χ1) is 6.38. The maximum absolute atomic E-state index is 6.10. The largest absolute Gasteiger partial charge is 0.384 e. The third kappa shape index (κ3) is 1.83. The second-order valence-electron chi connectivity index (χ2n) is 3.68. The number of fused-ring (bicyclic) bond motifs is 1. The molecule has 3 N–H and O–H groups in total. The van der Waals surface area contributed by atoms with Gasteiger partial charge in [0.25, 0.3) is 0 Å². The minimum absolute atomic E-state index is 0.281. The first kappa shape index (κ1) is 8.57. The molecule has 0 aromatic carbocycles. The highest BCUT2D eigenvalue weighted by Crippen LogP contribution is 2.20. The van der Waals surface area contributed by atoms with Crippen LogP contribution in [0.3, 0.4) is 0 Å². The predicted octanol–water partition coefficient (Wildman–Crippen LogP) is 1.32. The van der Waals surface area contributed by atoms with Crippen LogP contribution in [-0.2, 0) is 0 Å². The van der Waals surface area contributed by atoms with Crippen LogP contribution in [0.2, 0.25) is 0 Å². The fourth-order valence-corrected chi connectivity index (χ4v) is 1.94. The minimum Gasteiger partial charge on any atom is -0.384 e. The summed E-state index contributed by atoms with van der Waals surface area (Å²) in [4.78, 5) is 0. The summed E-state index contributed by atoms with van der Waals surface area (Å²) in [5, 5.41) is 3.36. The van der Waals surface area contributed by atoms with E-state index in [2.05, 4.69) is 35.7 Å². The molecule has 70 valence electrons. The van der Waals surface area contributed by atoms with Crippen LogP contribution < -0.4 is 11.1 Å². The Bertz CT molecular complexity index is 253. The van der Waals surface area contributed by atoms with E-state index in [1.165, 1.54) is 0 Å². The van der Waals surface area contributed by atoms with E-state index in [0.29, 0.717) is 12.0 Å². The Kier molecular flexibility index (Phi) is 2.50. The van der Waals surface area contributed by atoms with Crippen LogP contribution >= 0.6 is 0 Å². The zero-order valence-electron chi connectivity index (χ0n) is 7.69. The maximum Gasteiger partial charge on any atom is 0.0519 e. The van der Waals surface area contributed by atoms with Crippen molar-refractivity contribution >= 4 is 0 Å². The molecule has 0 fully saturated rings. The average molecular weight is 176 g/mol. The molecule has 1 aliphatic heterocycles. The molecule has 0 bridgehead atoms. The van der Waals surface area contributed by atoms with Gasteiger partial charge in [0.2, 0.25) is 0 Å². The molecule has 0 spiro atoms. The van der Waals surface area contributed by atoms with Crippen LogP contribution in [0.1, 0.15) is 12.8 Å². The monoisotopic (exact) mass is 176 g/mol. The highest BCUT2D eigenvalue weighted by Gasteiger charge is 2.24. The van der Waals surface area contributed by atoms with Crippen molar-refractivity contribution in [2.24, 2.45) is 11.7 Å². The molecule has 13 heavy (non-hydrogen) atoms. The quantitative estimate of drug-likeness (QED) is 0.584. The number of allylic oxidation sites excluding steroid dienone is 3. The molecule has 0 amide bonds. The van der Waals surface area contributed by atoms with Crippen molar-refractivity contribution in [3.05, 3.63) is 36.6 Å². The maximum atomic E-state index is 6.10. The van der Waals surface area contributed by atoms with Crippen molar-refractivity contribution in [3.8, 4) is 0 Å². The summed E-state index contributed by atoms with van der Waals surface area (Å²) < 4.78 is 0. The van der Waals surface area contributed by atoms with Crippen LogP contribution in [0.15, 0.2) is 36.6 Å². The Hall–Kier alpha value is -1.02. The second-order valence-corrected chi connectivity index (χ2v) is 3.68. The van der Waals surface area contributed by atoms with Crippen molar-refractivity contribution < 1.29 is 0 Å². The lowest BCUT2D eigenvalue weighted by molar-refractivity contribution is 0.402. The topological polar surface area (TPSA) is 38.0 Å². The summed E-state index contributed by atoms with van der Waals surface area (Å²) in [6.07, 6.45) is 14.9. The second kappa shape index (κ2) is 3.79. The molecule has 1 aliphatic carbocycles. The Labute approximate surface area is 79.2 Å². The molecule has 1 heterocycles. The third-order valence-electron chi connectivity index (χ3n) is 2.75. The van der Waals surface area contributed by atoms with Crippen LogP contribution in [-0.4, -0.2) is 12.1 Å². The van der Waals surface area contributed by atoms with Gasteiger partial charge in [0.15, 0.2) is 0 Å². The molecule has 0 aromatic heterocycles. The summed E-state index contributed by atoms with van der Waals surface area (Å²) in [6.45, 7) is 0. The van der Waals surface area contributed by atoms with Crippen molar-refractivity contribution in [2.45, 2.75) is 24.9 Å². The molecule has 0 saturated heterocycles. The van der Waals surface area contributed by atoms with Gasteiger partial charge in [-0.3, -0.25) is 0 Å². The zero-order valence-corrected chi connectivity index (χ0v) is 7.69. The minimum atomic E-state index is 0.281. The van der Waals surface area contributed by atoms with Gasteiger partial charge in [-0.15, -0.1) is 0 Å². The lowest BCUT2D eigenvalue weighted by Gasteiger charge is -2.30. The third-order valence-corrected chi connectivity index (χ3v) is 2.75. The van der Waals surface area contributed by atoms with Gasteiger partial charge in [0, 0.05) is 12.0 Å². The van der Waals surface area contributed by atoms with Crippen LogP contribution in [0.5, 0.6) is 0 Å². The van der Waals surface area contributed by atoms with Crippen LogP contribution in [0.4, 0.5) is 0 Å². The number of rotatable bonds is 0. The van der Waals surface area contributed by atoms with E-state index in [4.69, 9.17) is 5.73 Å². The Morgan fingerprint density at radius 1 is 1.23 bits per heavy atom. The SMILES string of the molecule is NC1CC/C=C\NC2C=CC=CC12. The van der Waals surface area contributed by atoms with E-state index in [1.807, 2.05) is 6.20 Å². The summed E-state index contributed by atoms with van der Waals surface area (Å²) >= 11 is 0. The fraction of sp³-hybridized carbons (Fsp3) is 0.455. The molecule has 0 aromatic rings. The van der Waals surface area contributed by atoms with E-state index < -0.39 is 0 Å². The molecular weight excluding hydrogens is 160 g/mol. The van der Waals surface area contributed by atoms with Gasteiger partial charge in [-0.1, -0.05) is 30.4 Å². The standard InChI is InChI=1S/C11H16N2/c12-10-6-3-4-8-13-11-7-2-1-5-9(10)11/h1-2,4-5,7-11,13H,3,6,12H2/b8-4-. The molecule has 2 heteroatoms. The van der Waals surface area contributed by atoms with Crippen molar-refractivity contribution in [1.29, 1.82) is 0 Å². The summed E-state index contributed by atoms with van der Waals surface area (Å²) in [6, 6.07) is 0.667. The molecule has 2 rings (SSSR count). The van der Waals surface area contributed by atoms with Crippen LogP contribution in [0.25, 0.3) is 0 Å². The Morgan fingerprint density at radius 3 is 3.00 bits per heavy atom. The van der Waals surface area contributed by atoms with Gasteiger partial charge in [-0.2, -0.15) is 0 Å². The van der Waals surface area contributed by atoms with Gasteiger partial charge in [0.05, 0.1) is 6.04 Å². The number of hydrogen-bond acceptors (Lipinski definition) is 2. The van der Waals surface area contributed by atoms with Gasteiger partial charge in [-0.05, 0) is 19.0 Å². The summed E-state index contributed by atoms with van der Waals surface area (Å²) in [5.74, 6) is 0.454. The Morgan fingerprint density at radius 2 is 2.08 bits per heavy atom. The van der Waals surface area contributed by atoms with Crippen molar-refractivity contribution in [1.82, 2.24) is 5.32 Å². The van der Waals surface area contributed by atoms with Gasteiger partial charge in [0.1, 0.15) is 0 Å². The highest BCUT2D eigenvalue weighted by atomic mass is 14.9. The molecule has 2 aliphatic rings. The van der Waals surface area contributed by atoms with Gasteiger partial charge >= 0.3 is 0 Å². The molecule has 3 unspecified atom stereocenters. The van der Waals surface area contributed by atoms with Crippen molar-refractivity contribution in [3.63, 3.8) is 0 Å². The van der Waals surface area contributed by atoms with Crippen molar-refractivity contribution in [2.75, 3.05) is 0 Å². The molecular formula is C11H16N2. The Balaban J connectivity index is 2.16. The van der Waals surface area contributed by atoms with Gasteiger partial charge in [-0.25, -0.2) is 0 Å². The van der Waals surface area contributed by atoms with E-state index in [1.54, 1.807) is 0 Å². The highest BCUT2D eigenvalue weighted by molar-refractivity contribution is 5.20. The smallest absolute Gasteiger partial charge is 0.0519 e. The van der Waals surface area contributed by atoms with E-state index >= 15 is 0 Å². The van der Waals surface area contributed by atoms with E-state index in [-0.39, 0.29) is 6.04 Å². The zero-order chi connectivity index (χ0) is 9.10. The fourth-order valence-electron chi connectivity index (χ4n) is 1.94. The van der Waals surface area contributed by atoms with E-state index in [9.17, 15) is 0 Å². The lowest BCUT2D eigenvalue weighted by atomic mass is 9.85.